The zero-order valence-electron chi connectivity index (χ0n) is 14.4. The summed E-state index contributed by atoms with van der Waals surface area (Å²) in [5.74, 6) is 0.321. The zero-order valence-corrected chi connectivity index (χ0v) is 15.2. The third kappa shape index (κ3) is 3.09. The average molecular weight is 354 g/mol. The molecule has 4 nitrogen and oxygen atoms in total. The zero-order chi connectivity index (χ0) is 17.4. The molecule has 1 fully saturated rings. The Morgan fingerprint density at radius 2 is 1.96 bits per heavy atom. The molecule has 0 aliphatic carbocycles. The Morgan fingerprint density at radius 3 is 2.68 bits per heavy atom. The lowest BCUT2D eigenvalue weighted by Crippen LogP contribution is -2.38. The summed E-state index contributed by atoms with van der Waals surface area (Å²) in [5.41, 5.74) is 3.09. The van der Waals surface area contributed by atoms with E-state index in [1.165, 1.54) is 10.4 Å². The fourth-order valence-corrected chi connectivity index (χ4v) is 4.76. The molecule has 2 amide bonds. The maximum atomic E-state index is 12.9. The molecule has 2 aliphatic rings. The first-order valence-electron chi connectivity index (χ1n) is 8.87. The second kappa shape index (κ2) is 6.64. The number of hydrogen-bond acceptors (Lipinski definition) is 3. The molecule has 4 rings (SSSR count). The Hall–Kier alpha value is -2.14. The van der Waals surface area contributed by atoms with E-state index >= 15 is 0 Å². The Bertz CT molecular complexity index is 796. The normalized spacial score (nSPS) is 20.0. The number of amides is 2. The SMILES string of the molecule is C[C@H]1c2ccsc2CCN1C(=O)c1ccc(CN2CCCC2=O)cc1. The smallest absolute Gasteiger partial charge is 0.254 e. The summed E-state index contributed by atoms with van der Waals surface area (Å²) >= 11 is 1.79. The first-order valence-corrected chi connectivity index (χ1v) is 9.75. The van der Waals surface area contributed by atoms with Crippen LogP contribution in [0.3, 0.4) is 0 Å². The molecule has 3 heterocycles. The highest BCUT2D eigenvalue weighted by atomic mass is 32.1. The van der Waals surface area contributed by atoms with Gasteiger partial charge in [0.1, 0.15) is 0 Å². The lowest BCUT2D eigenvalue weighted by atomic mass is 10.00. The predicted molar refractivity (Wildman–Crippen MR) is 98.6 cm³/mol. The molecule has 1 atom stereocenters. The lowest BCUT2D eigenvalue weighted by Gasteiger charge is -2.33. The topological polar surface area (TPSA) is 40.6 Å². The van der Waals surface area contributed by atoms with Crippen molar-refractivity contribution in [1.29, 1.82) is 0 Å². The van der Waals surface area contributed by atoms with Gasteiger partial charge in [-0.1, -0.05) is 12.1 Å². The molecule has 1 saturated heterocycles. The molecule has 0 spiro atoms. The summed E-state index contributed by atoms with van der Waals surface area (Å²) < 4.78 is 0. The number of nitrogens with zero attached hydrogens (tertiary/aromatic N) is 2. The molecule has 25 heavy (non-hydrogen) atoms. The van der Waals surface area contributed by atoms with Crippen molar-refractivity contribution < 1.29 is 9.59 Å². The standard InChI is InChI=1S/C20H22N2O2S/c1-14-17-9-12-25-18(17)8-11-22(14)20(24)16-6-4-15(5-7-16)13-21-10-2-3-19(21)23/h4-7,9,12,14H,2-3,8,10-11,13H2,1H3/t14-/m0/s1. The molecule has 5 heteroatoms. The first kappa shape index (κ1) is 16.3. The first-order chi connectivity index (χ1) is 12.1. The van der Waals surface area contributed by atoms with Crippen LogP contribution >= 0.6 is 11.3 Å². The van der Waals surface area contributed by atoms with Crippen LogP contribution in [0.15, 0.2) is 35.7 Å². The quantitative estimate of drug-likeness (QED) is 0.844. The monoisotopic (exact) mass is 354 g/mol. The molecule has 0 saturated carbocycles. The van der Waals surface area contributed by atoms with Gasteiger partial charge in [-0.05, 0) is 54.5 Å². The maximum Gasteiger partial charge on any atom is 0.254 e. The van der Waals surface area contributed by atoms with E-state index in [-0.39, 0.29) is 17.9 Å². The van der Waals surface area contributed by atoms with E-state index in [0.717, 1.165) is 37.1 Å². The van der Waals surface area contributed by atoms with Crippen molar-refractivity contribution >= 4 is 23.2 Å². The van der Waals surface area contributed by atoms with Crippen molar-refractivity contribution in [3.05, 3.63) is 57.3 Å². The van der Waals surface area contributed by atoms with Crippen LogP contribution in [-0.4, -0.2) is 34.7 Å². The third-order valence-electron chi connectivity index (χ3n) is 5.28. The molecular formula is C20H22N2O2S. The Balaban J connectivity index is 1.47. The van der Waals surface area contributed by atoms with Crippen molar-refractivity contribution in [2.75, 3.05) is 13.1 Å². The molecule has 130 valence electrons. The molecule has 0 unspecified atom stereocenters. The number of likely N-dealkylation sites (tertiary alicyclic amines) is 1. The van der Waals surface area contributed by atoms with Gasteiger partial charge in [0.2, 0.25) is 5.91 Å². The van der Waals surface area contributed by atoms with Gasteiger partial charge < -0.3 is 9.80 Å². The minimum absolute atomic E-state index is 0.0909. The Kier molecular flexibility index (Phi) is 4.34. The number of thiophene rings is 1. The maximum absolute atomic E-state index is 12.9. The van der Waals surface area contributed by atoms with Crippen LogP contribution in [0.25, 0.3) is 0 Å². The Morgan fingerprint density at radius 1 is 1.16 bits per heavy atom. The van der Waals surface area contributed by atoms with Gasteiger partial charge >= 0.3 is 0 Å². The highest BCUT2D eigenvalue weighted by Gasteiger charge is 2.29. The van der Waals surface area contributed by atoms with Gasteiger partial charge in [-0.2, -0.15) is 0 Å². The summed E-state index contributed by atoms with van der Waals surface area (Å²) in [7, 11) is 0. The van der Waals surface area contributed by atoms with Gasteiger partial charge in [-0.15, -0.1) is 11.3 Å². The van der Waals surface area contributed by atoms with Gasteiger partial charge in [-0.3, -0.25) is 9.59 Å². The minimum atomic E-state index is 0.0909. The summed E-state index contributed by atoms with van der Waals surface area (Å²) in [5, 5.41) is 2.11. The number of hydrogen-bond donors (Lipinski definition) is 0. The third-order valence-corrected chi connectivity index (χ3v) is 6.28. The van der Waals surface area contributed by atoms with Crippen LogP contribution in [0.4, 0.5) is 0 Å². The predicted octanol–water partition coefficient (Wildman–Crippen LogP) is 3.63. The molecular weight excluding hydrogens is 332 g/mol. The van der Waals surface area contributed by atoms with Crippen molar-refractivity contribution in [3.8, 4) is 0 Å². The number of carbonyl (C=O) groups excluding carboxylic acids is 2. The van der Waals surface area contributed by atoms with Crippen molar-refractivity contribution in [2.45, 2.75) is 38.8 Å². The van der Waals surface area contributed by atoms with E-state index in [2.05, 4.69) is 18.4 Å². The molecule has 0 radical (unpaired) electrons. The summed E-state index contributed by atoms with van der Waals surface area (Å²) in [4.78, 5) is 29.9. The molecule has 2 aliphatic heterocycles. The van der Waals surface area contributed by atoms with Crippen molar-refractivity contribution in [3.63, 3.8) is 0 Å². The van der Waals surface area contributed by atoms with Crippen LogP contribution in [0.1, 0.15) is 52.2 Å². The van der Waals surface area contributed by atoms with Gasteiger partial charge in [0, 0.05) is 36.5 Å². The number of carbonyl (C=O) groups is 2. The van der Waals surface area contributed by atoms with Crippen LogP contribution in [0.5, 0.6) is 0 Å². The van der Waals surface area contributed by atoms with E-state index in [9.17, 15) is 9.59 Å². The van der Waals surface area contributed by atoms with E-state index in [0.29, 0.717) is 13.0 Å². The average Bonchev–Trinajstić information content (AvgIpc) is 3.25. The van der Waals surface area contributed by atoms with E-state index in [1.54, 1.807) is 11.3 Å². The minimum Gasteiger partial charge on any atom is -0.338 e. The van der Waals surface area contributed by atoms with E-state index < -0.39 is 0 Å². The van der Waals surface area contributed by atoms with Crippen LogP contribution < -0.4 is 0 Å². The number of rotatable bonds is 3. The fraction of sp³-hybridized carbons (Fsp3) is 0.400. The van der Waals surface area contributed by atoms with Gasteiger partial charge in [0.05, 0.1) is 6.04 Å². The van der Waals surface area contributed by atoms with Crippen LogP contribution in [0.2, 0.25) is 0 Å². The molecule has 0 N–H and O–H groups in total. The Labute approximate surface area is 152 Å². The summed E-state index contributed by atoms with van der Waals surface area (Å²) in [6.45, 7) is 4.37. The highest BCUT2D eigenvalue weighted by molar-refractivity contribution is 7.10. The number of benzene rings is 1. The summed E-state index contributed by atoms with van der Waals surface area (Å²) in [6, 6.07) is 10.0. The largest absolute Gasteiger partial charge is 0.338 e. The molecule has 1 aromatic heterocycles. The fourth-order valence-electron chi connectivity index (χ4n) is 3.80. The second-order valence-corrected chi connectivity index (χ2v) is 7.84. The van der Waals surface area contributed by atoms with Crippen LogP contribution in [0, 0.1) is 0 Å². The molecule has 1 aromatic carbocycles. The van der Waals surface area contributed by atoms with E-state index in [1.807, 2.05) is 34.1 Å². The lowest BCUT2D eigenvalue weighted by molar-refractivity contribution is -0.128. The second-order valence-electron chi connectivity index (χ2n) is 6.84. The van der Waals surface area contributed by atoms with Crippen molar-refractivity contribution in [2.24, 2.45) is 0 Å². The van der Waals surface area contributed by atoms with Crippen molar-refractivity contribution in [1.82, 2.24) is 9.80 Å². The number of fused-ring (bicyclic) bond motifs is 1. The van der Waals surface area contributed by atoms with Gasteiger partial charge in [0.15, 0.2) is 0 Å². The van der Waals surface area contributed by atoms with Gasteiger partial charge in [0.25, 0.3) is 5.91 Å². The highest BCUT2D eigenvalue weighted by Crippen LogP contribution is 2.33. The summed E-state index contributed by atoms with van der Waals surface area (Å²) in [6.07, 6.45) is 2.55. The van der Waals surface area contributed by atoms with Gasteiger partial charge in [-0.25, -0.2) is 0 Å². The molecule has 2 aromatic rings. The van der Waals surface area contributed by atoms with Crippen LogP contribution in [-0.2, 0) is 17.8 Å². The van der Waals surface area contributed by atoms with E-state index in [4.69, 9.17) is 0 Å². The molecule has 0 bridgehead atoms.